The summed E-state index contributed by atoms with van der Waals surface area (Å²) in [5.41, 5.74) is 0.382. The summed E-state index contributed by atoms with van der Waals surface area (Å²) < 4.78 is 10.3. The van der Waals surface area contributed by atoms with E-state index in [2.05, 4.69) is 10.6 Å². The summed E-state index contributed by atoms with van der Waals surface area (Å²) in [6, 6.07) is 9.99. The fourth-order valence-electron chi connectivity index (χ4n) is 2.42. The van der Waals surface area contributed by atoms with Crippen molar-refractivity contribution in [2.45, 2.75) is 20.3 Å². The molecule has 2 N–H and O–H groups in total. The predicted octanol–water partition coefficient (Wildman–Crippen LogP) is 1.98. The third-order valence-electron chi connectivity index (χ3n) is 3.87. The van der Waals surface area contributed by atoms with E-state index in [1.165, 1.54) is 18.3 Å². The second-order valence-corrected chi connectivity index (χ2v) is 7.39. The number of amides is 2. The molecule has 2 aromatic rings. The molecule has 0 atom stereocenters. The molecule has 1 aromatic carbocycles. The Morgan fingerprint density at radius 3 is 2.40 bits per heavy atom. The molecule has 0 aliphatic heterocycles. The highest BCUT2D eigenvalue weighted by atomic mass is 32.1. The molecular formula is C21H24N2O6S. The van der Waals surface area contributed by atoms with Crippen LogP contribution in [0.3, 0.4) is 0 Å². The molecule has 0 aliphatic rings. The average Bonchev–Trinajstić information content (AvgIpc) is 3.19. The van der Waals surface area contributed by atoms with Gasteiger partial charge in [-0.05, 0) is 49.7 Å². The van der Waals surface area contributed by atoms with Gasteiger partial charge in [0.15, 0.2) is 6.61 Å². The van der Waals surface area contributed by atoms with Crippen LogP contribution in [-0.2, 0) is 20.7 Å². The molecule has 160 valence electrons. The van der Waals surface area contributed by atoms with E-state index >= 15 is 0 Å². The van der Waals surface area contributed by atoms with E-state index < -0.39 is 18.5 Å². The minimum Gasteiger partial charge on any atom is -0.494 e. The van der Waals surface area contributed by atoms with Crippen LogP contribution in [0, 0.1) is 0 Å². The number of hydrogen-bond donors (Lipinski definition) is 2. The summed E-state index contributed by atoms with van der Waals surface area (Å²) in [7, 11) is 0. The third kappa shape index (κ3) is 7.67. The molecule has 0 bridgehead atoms. The van der Waals surface area contributed by atoms with Gasteiger partial charge in [-0.15, -0.1) is 11.3 Å². The van der Waals surface area contributed by atoms with Gasteiger partial charge in [0.25, 0.3) is 5.91 Å². The lowest BCUT2D eigenvalue weighted by molar-refractivity contribution is -0.141. The van der Waals surface area contributed by atoms with Gasteiger partial charge in [0, 0.05) is 23.9 Å². The molecule has 0 aliphatic carbocycles. The molecule has 0 radical (unpaired) electrons. The Bertz CT molecular complexity index is 891. The maximum atomic E-state index is 12.2. The molecule has 0 fully saturated rings. The summed E-state index contributed by atoms with van der Waals surface area (Å²) in [5.74, 6) is -0.909. The van der Waals surface area contributed by atoms with Crippen molar-refractivity contribution in [3.8, 4) is 5.75 Å². The van der Waals surface area contributed by atoms with Crippen LogP contribution in [-0.4, -0.2) is 49.9 Å². The van der Waals surface area contributed by atoms with Crippen LogP contribution < -0.4 is 15.4 Å². The highest BCUT2D eigenvalue weighted by molar-refractivity contribution is 7.14. The zero-order chi connectivity index (χ0) is 21.9. The Morgan fingerprint density at radius 2 is 1.73 bits per heavy atom. The highest BCUT2D eigenvalue weighted by Gasteiger charge is 2.14. The molecule has 0 saturated carbocycles. The maximum Gasteiger partial charge on any atom is 0.325 e. The van der Waals surface area contributed by atoms with Crippen LogP contribution in [0.5, 0.6) is 5.75 Å². The van der Waals surface area contributed by atoms with Gasteiger partial charge in [0.1, 0.15) is 12.3 Å². The van der Waals surface area contributed by atoms with Crippen molar-refractivity contribution in [1.29, 1.82) is 0 Å². The zero-order valence-electron chi connectivity index (χ0n) is 16.9. The van der Waals surface area contributed by atoms with E-state index in [1.54, 1.807) is 36.4 Å². The van der Waals surface area contributed by atoms with E-state index in [4.69, 9.17) is 9.47 Å². The molecule has 9 heteroatoms. The monoisotopic (exact) mass is 432 g/mol. The topological polar surface area (TPSA) is 111 Å². The van der Waals surface area contributed by atoms with Crippen LogP contribution in [0.1, 0.15) is 38.8 Å². The first-order valence-corrected chi connectivity index (χ1v) is 10.2. The molecule has 30 heavy (non-hydrogen) atoms. The number of hydrogen-bond acceptors (Lipinski definition) is 7. The normalized spacial score (nSPS) is 10.2. The van der Waals surface area contributed by atoms with E-state index in [9.17, 15) is 19.2 Å². The second kappa shape index (κ2) is 11.7. The molecule has 1 aromatic heterocycles. The Kier molecular flexibility index (Phi) is 9.02. The number of nitrogens with one attached hydrogen (secondary N) is 2. The molecule has 2 amide bonds. The summed E-state index contributed by atoms with van der Waals surface area (Å²) in [6.45, 7) is 3.59. The lowest BCUT2D eigenvalue weighted by atomic mass is 10.2. The van der Waals surface area contributed by atoms with Gasteiger partial charge in [-0.1, -0.05) is 0 Å². The lowest BCUT2D eigenvalue weighted by Crippen LogP contribution is -2.31. The molecule has 0 saturated heterocycles. The summed E-state index contributed by atoms with van der Waals surface area (Å²) in [6.07, 6.45) is 0.620. The third-order valence-corrected chi connectivity index (χ3v) is 5.05. The highest BCUT2D eigenvalue weighted by Crippen LogP contribution is 2.17. The smallest absolute Gasteiger partial charge is 0.325 e. The Labute approximate surface area is 178 Å². The van der Waals surface area contributed by atoms with Crippen LogP contribution in [0.2, 0.25) is 0 Å². The maximum absolute atomic E-state index is 12.2. The Hall–Kier alpha value is -3.20. The van der Waals surface area contributed by atoms with Crippen LogP contribution in [0.15, 0.2) is 36.4 Å². The molecule has 0 spiro atoms. The van der Waals surface area contributed by atoms with Crippen molar-refractivity contribution in [2.24, 2.45) is 0 Å². The number of thiophene rings is 1. The molecule has 1 heterocycles. The number of carbonyl (C=O) groups is 4. The van der Waals surface area contributed by atoms with Crippen LogP contribution in [0.4, 0.5) is 0 Å². The molecular weight excluding hydrogens is 408 g/mol. The Balaban J connectivity index is 1.72. The van der Waals surface area contributed by atoms with Crippen LogP contribution >= 0.6 is 11.3 Å². The molecule has 0 unspecified atom stereocenters. The van der Waals surface area contributed by atoms with Crippen molar-refractivity contribution in [2.75, 3.05) is 26.3 Å². The van der Waals surface area contributed by atoms with Crippen molar-refractivity contribution >= 4 is 34.9 Å². The van der Waals surface area contributed by atoms with E-state index in [1.807, 2.05) is 6.92 Å². The van der Waals surface area contributed by atoms with Gasteiger partial charge >= 0.3 is 5.97 Å². The largest absolute Gasteiger partial charge is 0.494 e. The van der Waals surface area contributed by atoms with Gasteiger partial charge in [-0.3, -0.25) is 19.2 Å². The van der Waals surface area contributed by atoms with Crippen molar-refractivity contribution in [1.82, 2.24) is 10.6 Å². The number of ketones is 1. The fraction of sp³-hybridized carbons (Fsp3) is 0.333. The van der Waals surface area contributed by atoms with E-state index in [-0.39, 0.29) is 18.2 Å². The van der Waals surface area contributed by atoms with Crippen molar-refractivity contribution < 1.29 is 28.7 Å². The number of Topliss-reactive ketones (excluding diaryl/α,β-unsaturated/α-hetero) is 1. The lowest BCUT2D eigenvalue weighted by Gasteiger charge is -2.07. The van der Waals surface area contributed by atoms with E-state index in [0.717, 1.165) is 4.88 Å². The number of benzene rings is 1. The van der Waals surface area contributed by atoms with Crippen LogP contribution in [0.25, 0.3) is 0 Å². The fourth-order valence-corrected chi connectivity index (χ4v) is 3.35. The van der Waals surface area contributed by atoms with Crippen molar-refractivity contribution in [3.05, 3.63) is 51.7 Å². The summed E-state index contributed by atoms with van der Waals surface area (Å²) >= 11 is 1.29. The van der Waals surface area contributed by atoms with Crippen molar-refractivity contribution in [3.63, 3.8) is 0 Å². The van der Waals surface area contributed by atoms with E-state index in [0.29, 0.717) is 35.8 Å². The summed E-state index contributed by atoms with van der Waals surface area (Å²) in [4.78, 5) is 48.3. The second-order valence-electron chi connectivity index (χ2n) is 6.22. The average molecular weight is 432 g/mol. The number of ether oxygens (including phenoxy) is 2. The van der Waals surface area contributed by atoms with Gasteiger partial charge in [0.05, 0.1) is 11.5 Å². The first-order valence-electron chi connectivity index (χ1n) is 9.42. The predicted molar refractivity (Wildman–Crippen MR) is 112 cm³/mol. The van der Waals surface area contributed by atoms with Gasteiger partial charge in [-0.25, -0.2) is 0 Å². The SMILES string of the molecule is CCOc1ccc(C(=O)NCC(=O)OCC(=O)c2ccc(CCNC(C)=O)s2)cc1. The van der Waals surface area contributed by atoms with Gasteiger partial charge in [0.2, 0.25) is 11.7 Å². The minimum absolute atomic E-state index is 0.107. The minimum atomic E-state index is -0.704. The first kappa shape index (κ1) is 23.1. The zero-order valence-corrected chi connectivity index (χ0v) is 17.7. The molecule has 2 rings (SSSR count). The number of carbonyl (C=O) groups excluding carboxylic acids is 4. The quantitative estimate of drug-likeness (QED) is 0.415. The van der Waals surface area contributed by atoms with Gasteiger partial charge in [-0.2, -0.15) is 0 Å². The number of rotatable bonds is 11. The summed E-state index contributed by atoms with van der Waals surface area (Å²) in [5, 5.41) is 5.14. The van der Waals surface area contributed by atoms with Gasteiger partial charge < -0.3 is 20.1 Å². The molecule has 8 nitrogen and oxygen atoms in total. The Morgan fingerprint density at radius 1 is 1.00 bits per heavy atom. The number of esters is 1. The first-order chi connectivity index (χ1) is 14.4. The standard InChI is InChI=1S/C21H24N2O6S/c1-3-28-16-6-4-15(5-7-16)21(27)23-12-20(26)29-13-18(25)19-9-8-17(30-19)10-11-22-14(2)24/h4-9H,3,10-13H2,1-2H3,(H,22,24)(H,23,27).